The maximum atomic E-state index is 11.3. The van der Waals surface area contributed by atoms with Crippen molar-refractivity contribution in [3.05, 3.63) is 0 Å². The number of hydrogen-bond donors (Lipinski definition) is 0. The minimum atomic E-state index is 0.244. The Bertz CT molecular complexity index is 179. The lowest BCUT2D eigenvalue weighted by Crippen LogP contribution is -2.44. The number of hydrogen-bond acceptors (Lipinski definition) is 1. The van der Waals surface area contributed by atoms with Gasteiger partial charge in [0.15, 0.2) is 0 Å². The van der Waals surface area contributed by atoms with Gasteiger partial charge in [-0.15, -0.1) is 0 Å². The van der Waals surface area contributed by atoms with E-state index in [9.17, 15) is 4.79 Å². The molecule has 76 valence electrons. The Hall–Kier alpha value is -0.530. The first-order valence-electron chi connectivity index (χ1n) is 5.42. The maximum Gasteiger partial charge on any atom is 0.219 e. The quantitative estimate of drug-likeness (QED) is 0.644. The highest BCUT2D eigenvalue weighted by molar-refractivity contribution is 5.73. The molecule has 2 unspecified atom stereocenters. The van der Waals surface area contributed by atoms with Crippen molar-refractivity contribution in [3.8, 4) is 0 Å². The molecule has 1 amide bonds. The molecule has 0 radical (unpaired) electrons. The van der Waals surface area contributed by atoms with Crippen molar-refractivity contribution in [2.24, 2.45) is 5.92 Å². The number of amides is 1. The molecule has 1 rings (SSSR count). The molecule has 1 saturated heterocycles. The maximum absolute atomic E-state index is 11.3. The van der Waals surface area contributed by atoms with Crippen molar-refractivity contribution in [1.82, 2.24) is 4.90 Å². The summed E-state index contributed by atoms with van der Waals surface area (Å²) >= 11 is 0. The van der Waals surface area contributed by atoms with Crippen molar-refractivity contribution < 1.29 is 4.79 Å². The first kappa shape index (κ1) is 10.6. The summed E-state index contributed by atoms with van der Waals surface area (Å²) in [5.41, 5.74) is 0. The van der Waals surface area contributed by atoms with Crippen LogP contribution in [0.15, 0.2) is 0 Å². The van der Waals surface area contributed by atoms with Crippen LogP contribution in [0.2, 0.25) is 0 Å². The molecule has 1 fully saturated rings. The van der Waals surface area contributed by atoms with E-state index in [1.807, 2.05) is 4.90 Å². The summed E-state index contributed by atoms with van der Waals surface area (Å²) in [4.78, 5) is 13.3. The predicted molar refractivity (Wildman–Crippen MR) is 54.5 cm³/mol. The van der Waals surface area contributed by atoms with Gasteiger partial charge in [0.05, 0.1) is 0 Å². The van der Waals surface area contributed by atoms with Gasteiger partial charge in [0.1, 0.15) is 0 Å². The summed E-state index contributed by atoms with van der Waals surface area (Å²) < 4.78 is 0. The van der Waals surface area contributed by atoms with E-state index in [0.717, 1.165) is 12.5 Å². The molecule has 0 aromatic carbocycles. The summed E-state index contributed by atoms with van der Waals surface area (Å²) in [5.74, 6) is 0.999. The van der Waals surface area contributed by atoms with E-state index in [1.165, 1.54) is 25.7 Å². The van der Waals surface area contributed by atoms with Gasteiger partial charge < -0.3 is 4.90 Å². The zero-order valence-electron chi connectivity index (χ0n) is 9.05. The summed E-state index contributed by atoms with van der Waals surface area (Å²) in [6, 6.07) is 0.464. The van der Waals surface area contributed by atoms with Gasteiger partial charge in [0, 0.05) is 19.5 Å². The zero-order valence-corrected chi connectivity index (χ0v) is 9.05. The SMILES string of the molecule is CCCC1CCC(C)N(C(C)=O)C1. The molecular formula is C11H21NO. The van der Waals surface area contributed by atoms with E-state index >= 15 is 0 Å². The number of piperidine rings is 1. The molecule has 0 aromatic rings. The van der Waals surface area contributed by atoms with E-state index < -0.39 is 0 Å². The fraction of sp³-hybridized carbons (Fsp3) is 0.909. The average Bonchev–Trinajstić information content (AvgIpc) is 2.08. The molecule has 2 atom stereocenters. The van der Waals surface area contributed by atoms with E-state index in [1.54, 1.807) is 6.92 Å². The molecule has 2 heteroatoms. The molecule has 1 heterocycles. The second-order valence-electron chi connectivity index (χ2n) is 4.25. The van der Waals surface area contributed by atoms with Gasteiger partial charge in [-0.3, -0.25) is 4.79 Å². The molecule has 0 bridgehead atoms. The Balaban J connectivity index is 2.47. The van der Waals surface area contributed by atoms with Crippen molar-refractivity contribution in [3.63, 3.8) is 0 Å². The fourth-order valence-corrected chi connectivity index (χ4v) is 2.26. The van der Waals surface area contributed by atoms with Gasteiger partial charge in [-0.2, -0.15) is 0 Å². The van der Waals surface area contributed by atoms with Crippen LogP contribution in [-0.2, 0) is 4.79 Å². The van der Waals surface area contributed by atoms with Crippen molar-refractivity contribution in [2.75, 3.05) is 6.54 Å². The third-order valence-corrected chi connectivity index (χ3v) is 3.08. The lowest BCUT2D eigenvalue weighted by atomic mass is 9.90. The van der Waals surface area contributed by atoms with Crippen LogP contribution in [0.25, 0.3) is 0 Å². The molecule has 1 aliphatic rings. The number of nitrogens with zero attached hydrogens (tertiary/aromatic N) is 1. The van der Waals surface area contributed by atoms with Gasteiger partial charge in [-0.25, -0.2) is 0 Å². The molecule has 0 saturated carbocycles. The highest BCUT2D eigenvalue weighted by atomic mass is 16.2. The third-order valence-electron chi connectivity index (χ3n) is 3.08. The van der Waals surface area contributed by atoms with E-state index in [2.05, 4.69) is 13.8 Å². The van der Waals surface area contributed by atoms with Gasteiger partial charge in [-0.1, -0.05) is 13.3 Å². The van der Waals surface area contributed by atoms with E-state index in [4.69, 9.17) is 0 Å². The highest BCUT2D eigenvalue weighted by Gasteiger charge is 2.26. The van der Waals surface area contributed by atoms with Crippen LogP contribution < -0.4 is 0 Å². The summed E-state index contributed by atoms with van der Waals surface area (Å²) in [5, 5.41) is 0. The first-order chi connectivity index (χ1) is 6.15. The van der Waals surface area contributed by atoms with Crippen LogP contribution in [0, 0.1) is 5.92 Å². The molecular weight excluding hydrogens is 162 g/mol. The lowest BCUT2D eigenvalue weighted by molar-refractivity contribution is -0.133. The predicted octanol–water partition coefficient (Wildman–Crippen LogP) is 2.43. The van der Waals surface area contributed by atoms with E-state index in [0.29, 0.717) is 6.04 Å². The largest absolute Gasteiger partial charge is 0.340 e. The van der Waals surface area contributed by atoms with Crippen LogP contribution in [0.4, 0.5) is 0 Å². The zero-order chi connectivity index (χ0) is 9.84. The average molecular weight is 183 g/mol. The Morgan fingerprint density at radius 2 is 2.15 bits per heavy atom. The molecule has 0 aliphatic carbocycles. The van der Waals surface area contributed by atoms with Crippen LogP contribution in [0.3, 0.4) is 0 Å². The standard InChI is InChI=1S/C11H21NO/c1-4-5-11-7-6-9(2)12(8-11)10(3)13/h9,11H,4-8H2,1-3H3. The normalized spacial score (nSPS) is 29.0. The minimum absolute atomic E-state index is 0.244. The van der Waals surface area contributed by atoms with Crippen LogP contribution in [0.5, 0.6) is 0 Å². The van der Waals surface area contributed by atoms with Crippen LogP contribution in [0.1, 0.15) is 46.5 Å². The summed E-state index contributed by atoms with van der Waals surface area (Å²) in [6.45, 7) is 7.05. The van der Waals surface area contributed by atoms with Crippen LogP contribution >= 0.6 is 0 Å². The van der Waals surface area contributed by atoms with Gasteiger partial charge in [0.2, 0.25) is 5.91 Å². The second-order valence-corrected chi connectivity index (χ2v) is 4.25. The first-order valence-corrected chi connectivity index (χ1v) is 5.42. The number of likely N-dealkylation sites (tertiary alicyclic amines) is 1. The number of carbonyl (C=O) groups excluding carboxylic acids is 1. The van der Waals surface area contributed by atoms with E-state index in [-0.39, 0.29) is 5.91 Å². The summed E-state index contributed by atoms with van der Waals surface area (Å²) in [6.07, 6.45) is 5.00. The highest BCUT2D eigenvalue weighted by Crippen LogP contribution is 2.24. The van der Waals surface area contributed by atoms with Gasteiger partial charge >= 0.3 is 0 Å². The second kappa shape index (κ2) is 4.64. The molecule has 0 aromatic heterocycles. The van der Waals surface area contributed by atoms with Crippen molar-refractivity contribution in [1.29, 1.82) is 0 Å². The monoisotopic (exact) mass is 183 g/mol. The lowest BCUT2D eigenvalue weighted by Gasteiger charge is -2.37. The Morgan fingerprint density at radius 1 is 1.46 bits per heavy atom. The Kier molecular flexibility index (Phi) is 3.76. The minimum Gasteiger partial charge on any atom is -0.340 e. The Labute approximate surface area is 81.3 Å². The molecule has 1 aliphatic heterocycles. The van der Waals surface area contributed by atoms with Crippen molar-refractivity contribution in [2.45, 2.75) is 52.5 Å². The van der Waals surface area contributed by atoms with Crippen LogP contribution in [-0.4, -0.2) is 23.4 Å². The fourth-order valence-electron chi connectivity index (χ4n) is 2.26. The topological polar surface area (TPSA) is 20.3 Å². The third kappa shape index (κ3) is 2.71. The molecule has 2 nitrogen and oxygen atoms in total. The molecule has 0 spiro atoms. The Morgan fingerprint density at radius 3 is 2.69 bits per heavy atom. The molecule has 13 heavy (non-hydrogen) atoms. The number of carbonyl (C=O) groups is 1. The van der Waals surface area contributed by atoms with Crippen molar-refractivity contribution >= 4 is 5.91 Å². The number of rotatable bonds is 2. The summed E-state index contributed by atoms with van der Waals surface area (Å²) in [7, 11) is 0. The van der Waals surface area contributed by atoms with Gasteiger partial charge in [-0.05, 0) is 32.1 Å². The van der Waals surface area contributed by atoms with Gasteiger partial charge in [0.25, 0.3) is 0 Å². The molecule has 0 N–H and O–H groups in total. The smallest absolute Gasteiger partial charge is 0.219 e.